The Balaban J connectivity index is 2.36. The summed E-state index contributed by atoms with van der Waals surface area (Å²) in [4.78, 5) is 19.9. The first-order chi connectivity index (χ1) is 8.16. The van der Waals surface area contributed by atoms with Crippen molar-refractivity contribution in [2.45, 2.75) is 9.92 Å². The molecule has 17 heavy (non-hydrogen) atoms. The Morgan fingerprint density at radius 1 is 1.29 bits per heavy atom. The summed E-state index contributed by atoms with van der Waals surface area (Å²) in [5.41, 5.74) is 11.8. The fraction of sp³-hybridized carbons (Fsp3) is 0. The lowest BCUT2D eigenvalue weighted by Crippen LogP contribution is -2.12. The van der Waals surface area contributed by atoms with E-state index in [0.29, 0.717) is 11.3 Å². The summed E-state index contributed by atoms with van der Waals surface area (Å²) in [6.45, 7) is 0. The molecule has 2 rings (SSSR count). The summed E-state index contributed by atoms with van der Waals surface area (Å²) in [5, 5.41) is 0.743. The van der Waals surface area contributed by atoms with E-state index in [2.05, 4.69) is 9.97 Å². The molecule has 1 amide bonds. The van der Waals surface area contributed by atoms with E-state index in [0.717, 1.165) is 9.92 Å². The molecule has 0 saturated carbocycles. The van der Waals surface area contributed by atoms with Crippen LogP contribution in [-0.2, 0) is 0 Å². The Morgan fingerprint density at radius 2 is 2.12 bits per heavy atom. The first-order valence-electron chi connectivity index (χ1n) is 4.80. The van der Waals surface area contributed by atoms with Gasteiger partial charge in [0.2, 0.25) is 5.91 Å². The van der Waals surface area contributed by atoms with Crippen LogP contribution in [0.2, 0.25) is 0 Å². The summed E-state index contributed by atoms with van der Waals surface area (Å²) in [6, 6.07) is 6.79. The van der Waals surface area contributed by atoms with Crippen molar-refractivity contribution in [2.75, 3.05) is 5.73 Å². The van der Waals surface area contributed by atoms with E-state index < -0.39 is 5.91 Å². The zero-order chi connectivity index (χ0) is 12.3. The number of carbonyl (C=O) groups is 1. The zero-order valence-electron chi connectivity index (χ0n) is 8.83. The highest BCUT2D eigenvalue weighted by atomic mass is 32.2. The maximum absolute atomic E-state index is 11.3. The highest BCUT2D eigenvalue weighted by molar-refractivity contribution is 7.99. The predicted molar refractivity (Wildman–Crippen MR) is 65.5 cm³/mol. The largest absolute Gasteiger partial charge is 0.399 e. The van der Waals surface area contributed by atoms with Gasteiger partial charge in [-0.1, -0.05) is 11.8 Å². The summed E-state index contributed by atoms with van der Waals surface area (Å²) in [7, 11) is 0. The topological polar surface area (TPSA) is 94.9 Å². The van der Waals surface area contributed by atoms with Crippen LogP contribution in [0.25, 0.3) is 0 Å². The molecule has 1 heterocycles. The van der Waals surface area contributed by atoms with Crippen LogP contribution < -0.4 is 11.5 Å². The standard InChI is InChI=1S/C11H10N4OS/c12-7-1-2-9(8(5-7)11(13)16)17-10-3-4-14-6-15-10/h1-6H,12H2,(H2,13,16). The van der Waals surface area contributed by atoms with Gasteiger partial charge in [-0.3, -0.25) is 4.79 Å². The average Bonchev–Trinajstić information content (AvgIpc) is 2.32. The molecule has 0 aliphatic rings. The quantitative estimate of drug-likeness (QED) is 0.629. The van der Waals surface area contributed by atoms with Crippen molar-refractivity contribution in [3.63, 3.8) is 0 Å². The van der Waals surface area contributed by atoms with Crippen molar-refractivity contribution in [3.8, 4) is 0 Å². The molecule has 0 atom stereocenters. The van der Waals surface area contributed by atoms with E-state index in [9.17, 15) is 4.79 Å². The van der Waals surface area contributed by atoms with Gasteiger partial charge in [0.1, 0.15) is 11.4 Å². The smallest absolute Gasteiger partial charge is 0.249 e. The van der Waals surface area contributed by atoms with E-state index in [-0.39, 0.29) is 0 Å². The monoisotopic (exact) mass is 246 g/mol. The number of nitrogens with zero attached hydrogens (tertiary/aromatic N) is 2. The van der Waals surface area contributed by atoms with Crippen molar-refractivity contribution in [3.05, 3.63) is 42.4 Å². The molecular weight excluding hydrogens is 236 g/mol. The highest BCUT2D eigenvalue weighted by Gasteiger charge is 2.10. The highest BCUT2D eigenvalue weighted by Crippen LogP contribution is 2.29. The Hall–Kier alpha value is -2.08. The number of nitrogen functional groups attached to an aromatic ring is 1. The number of hydrogen-bond acceptors (Lipinski definition) is 5. The van der Waals surface area contributed by atoms with Crippen LogP contribution in [0.5, 0.6) is 0 Å². The Bertz CT molecular complexity index is 544. The second kappa shape index (κ2) is 4.84. The van der Waals surface area contributed by atoms with Crippen LogP contribution in [0.1, 0.15) is 10.4 Å². The van der Waals surface area contributed by atoms with Crippen LogP contribution in [0.3, 0.4) is 0 Å². The van der Waals surface area contributed by atoms with Gasteiger partial charge >= 0.3 is 0 Å². The maximum Gasteiger partial charge on any atom is 0.249 e. The van der Waals surface area contributed by atoms with E-state index in [4.69, 9.17) is 11.5 Å². The number of nitrogens with two attached hydrogens (primary N) is 2. The van der Waals surface area contributed by atoms with E-state index in [1.807, 2.05) is 0 Å². The molecule has 5 nitrogen and oxygen atoms in total. The van der Waals surface area contributed by atoms with Gasteiger partial charge in [-0.15, -0.1) is 0 Å². The normalized spacial score (nSPS) is 10.1. The number of rotatable bonds is 3. The number of carbonyl (C=O) groups excluding carboxylic acids is 1. The lowest BCUT2D eigenvalue weighted by Gasteiger charge is -2.06. The third kappa shape index (κ3) is 2.73. The number of hydrogen-bond donors (Lipinski definition) is 2. The Labute approximate surface area is 102 Å². The lowest BCUT2D eigenvalue weighted by molar-refractivity contribution is 0.0997. The van der Waals surface area contributed by atoms with Gasteiger partial charge in [0.25, 0.3) is 0 Å². The minimum absolute atomic E-state index is 0.397. The van der Waals surface area contributed by atoms with Gasteiger partial charge in [-0.2, -0.15) is 0 Å². The van der Waals surface area contributed by atoms with E-state index >= 15 is 0 Å². The predicted octanol–water partition coefficient (Wildman–Crippen LogP) is 1.31. The second-order valence-electron chi connectivity index (χ2n) is 3.27. The van der Waals surface area contributed by atoms with Gasteiger partial charge < -0.3 is 11.5 Å². The van der Waals surface area contributed by atoms with Crippen molar-refractivity contribution < 1.29 is 4.79 Å². The van der Waals surface area contributed by atoms with Gasteiger partial charge in [0.05, 0.1) is 5.56 Å². The fourth-order valence-corrected chi connectivity index (χ4v) is 2.14. The number of amides is 1. The molecule has 86 valence electrons. The second-order valence-corrected chi connectivity index (χ2v) is 4.33. The molecule has 0 saturated heterocycles. The molecule has 6 heteroatoms. The van der Waals surface area contributed by atoms with Gasteiger partial charge in [-0.05, 0) is 24.3 Å². The Kier molecular flexibility index (Phi) is 3.24. The third-order valence-corrected chi connectivity index (χ3v) is 3.06. The summed E-state index contributed by atoms with van der Waals surface area (Å²) in [5.74, 6) is -0.506. The van der Waals surface area contributed by atoms with Crippen molar-refractivity contribution in [1.29, 1.82) is 0 Å². The Morgan fingerprint density at radius 3 is 2.76 bits per heavy atom. The van der Waals surface area contributed by atoms with Crippen LogP contribution >= 0.6 is 11.8 Å². The van der Waals surface area contributed by atoms with Crippen LogP contribution in [0, 0.1) is 0 Å². The first-order valence-corrected chi connectivity index (χ1v) is 5.61. The summed E-state index contributed by atoms with van der Waals surface area (Å²) >= 11 is 1.34. The third-order valence-electron chi connectivity index (χ3n) is 2.04. The molecule has 0 spiro atoms. The lowest BCUT2D eigenvalue weighted by atomic mass is 10.2. The van der Waals surface area contributed by atoms with Crippen molar-refractivity contribution >= 4 is 23.4 Å². The van der Waals surface area contributed by atoms with E-state index in [1.54, 1.807) is 30.5 Å². The molecule has 0 aliphatic heterocycles. The molecule has 0 unspecified atom stereocenters. The number of primary amides is 1. The van der Waals surface area contributed by atoms with Crippen molar-refractivity contribution in [1.82, 2.24) is 9.97 Å². The van der Waals surface area contributed by atoms with Crippen molar-refractivity contribution in [2.24, 2.45) is 5.73 Å². The SMILES string of the molecule is NC(=O)c1cc(N)ccc1Sc1ccncn1. The molecule has 2 aromatic rings. The van der Waals surface area contributed by atoms with Gasteiger partial charge in [0, 0.05) is 16.8 Å². The van der Waals surface area contributed by atoms with Crippen LogP contribution in [-0.4, -0.2) is 15.9 Å². The van der Waals surface area contributed by atoms with Crippen LogP contribution in [0.4, 0.5) is 5.69 Å². The van der Waals surface area contributed by atoms with Gasteiger partial charge in [0.15, 0.2) is 0 Å². The number of benzene rings is 1. The summed E-state index contributed by atoms with van der Waals surface area (Å²) < 4.78 is 0. The molecule has 1 aromatic heterocycles. The molecule has 0 bridgehead atoms. The molecule has 1 aromatic carbocycles. The molecular formula is C11H10N4OS. The minimum atomic E-state index is -0.506. The molecule has 0 radical (unpaired) electrons. The van der Waals surface area contributed by atoms with Gasteiger partial charge in [-0.25, -0.2) is 9.97 Å². The summed E-state index contributed by atoms with van der Waals surface area (Å²) in [6.07, 6.45) is 3.08. The number of aromatic nitrogens is 2. The van der Waals surface area contributed by atoms with E-state index in [1.165, 1.54) is 18.1 Å². The molecule has 4 N–H and O–H groups in total. The molecule has 0 fully saturated rings. The maximum atomic E-state index is 11.3. The number of anilines is 1. The van der Waals surface area contributed by atoms with Crippen LogP contribution in [0.15, 0.2) is 46.7 Å². The molecule has 0 aliphatic carbocycles. The average molecular weight is 246 g/mol. The fourth-order valence-electron chi connectivity index (χ4n) is 1.28. The first kappa shape index (κ1) is 11.4. The zero-order valence-corrected chi connectivity index (χ0v) is 9.65. The minimum Gasteiger partial charge on any atom is -0.399 e.